The minimum Gasteiger partial charge on any atom is -0.444 e. The Labute approximate surface area is 167 Å². The van der Waals surface area contributed by atoms with E-state index >= 15 is 0 Å². The lowest BCUT2D eigenvalue weighted by molar-refractivity contribution is 0.0189. The van der Waals surface area contributed by atoms with Gasteiger partial charge in [0.05, 0.1) is 5.52 Å². The van der Waals surface area contributed by atoms with Crippen molar-refractivity contribution in [3.05, 3.63) is 45.8 Å². The molecular weight excluding hydrogens is 380 g/mol. The molecule has 1 aromatic carbocycles. The Kier molecular flexibility index (Phi) is 4.57. The molecule has 4 rings (SSSR count). The number of ether oxygens (including phenoxy) is 1. The van der Waals surface area contributed by atoms with Gasteiger partial charge >= 0.3 is 6.09 Å². The molecule has 0 unspecified atom stereocenters. The molecule has 148 valence electrons. The first-order valence-electron chi connectivity index (χ1n) is 9.40. The van der Waals surface area contributed by atoms with Crippen molar-refractivity contribution in [2.75, 3.05) is 13.1 Å². The quantitative estimate of drug-likeness (QED) is 0.619. The monoisotopic (exact) mass is 402 g/mol. The number of hydrogen-bond acceptors (Lipinski definition) is 4. The molecule has 0 aliphatic carbocycles. The summed E-state index contributed by atoms with van der Waals surface area (Å²) in [5.74, 6) is 0. The molecule has 3 aromatic rings. The fourth-order valence-corrected chi connectivity index (χ4v) is 3.85. The number of carbonyl (C=O) groups excluding carboxylic acids is 1. The SMILES string of the molecule is CC(C)(C)OC(=O)N1CCC(n2ccc(=O)n3nc4ccc(Cl)cc4c23)CC1. The first-order chi connectivity index (χ1) is 13.2. The Morgan fingerprint density at radius 3 is 2.61 bits per heavy atom. The Morgan fingerprint density at radius 2 is 1.93 bits per heavy atom. The molecule has 28 heavy (non-hydrogen) atoms. The summed E-state index contributed by atoms with van der Waals surface area (Å²) in [6.45, 7) is 6.80. The highest BCUT2D eigenvalue weighted by molar-refractivity contribution is 6.31. The van der Waals surface area contributed by atoms with Crippen molar-refractivity contribution in [3.8, 4) is 0 Å². The van der Waals surface area contributed by atoms with Gasteiger partial charge in [0.1, 0.15) is 11.2 Å². The molecule has 3 heterocycles. The predicted octanol–water partition coefficient (Wildman–Crippen LogP) is 3.87. The summed E-state index contributed by atoms with van der Waals surface area (Å²) in [6, 6.07) is 7.11. The van der Waals surface area contributed by atoms with Crippen molar-refractivity contribution in [2.45, 2.75) is 45.3 Å². The summed E-state index contributed by atoms with van der Waals surface area (Å²) in [5, 5.41) is 5.88. The second-order valence-electron chi connectivity index (χ2n) is 8.16. The van der Waals surface area contributed by atoms with Gasteiger partial charge in [-0.2, -0.15) is 9.61 Å². The standard InChI is InChI=1S/C20H23ClN4O3/c1-20(2,3)28-19(27)23-9-6-14(7-10-23)24-11-8-17(26)25-18(24)15-12-13(21)4-5-16(15)22-25/h4-5,8,11-12,14H,6-7,9-10H2,1-3H3. The van der Waals surface area contributed by atoms with Crippen molar-refractivity contribution >= 4 is 34.2 Å². The maximum Gasteiger partial charge on any atom is 0.410 e. The van der Waals surface area contributed by atoms with E-state index in [0.29, 0.717) is 18.1 Å². The van der Waals surface area contributed by atoms with Crippen LogP contribution in [-0.2, 0) is 4.74 Å². The summed E-state index contributed by atoms with van der Waals surface area (Å²) in [7, 11) is 0. The molecule has 0 atom stereocenters. The number of carbonyl (C=O) groups is 1. The second-order valence-corrected chi connectivity index (χ2v) is 8.59. The largest absolute Gasteiger partial charge is 0.444 e. The number of aromatic nitrogens is 3. The second kappa shape index (κ2) is 6.81. The molecule has 1 aliphatic heterocycles. The maximum atomic E-state index is 12.3. The summed E-state index contributed by atoms with van der Waals surface area (Å²) in [4.78, 5) is 26.4. The number of benzene rings is 1. The highest BCUT2D eigenvalue weighted by Gasteiger charge is 2.28. The highest BCUT2D eigenvalue weighted by atomic mass is 35.5. The lowest BCUT2D eigenvalue weighted by Crippen LogP contribution is -2.42. The molecule has 1 aliphatic rings. The number of piperidine rings is 1. The summed E-state index contributed by atoms with van der Waals surface area (Å²) in [5.41, 5.74) is 0.785. The van der Waals surface area contributed by atoms with Gasteiger partial charge in [-0.15, -0.1) is 0 Å². The molecule has 0 saturated carbocycles. The Hall–Kier alpha value is -2.54. The van der Waals surface area contributed by atoms with E-state index in [2.05, 4.69) is 9.67 Å². The van der Waals surface area contributed by atoms with Crippen molar-refractivity contribution in [2.24, 2.45) is 0 Å². The van der Waals surface area contributed by atoms with Crippen molar-refractivity contribution in [1.29, 1.82) is 0 Å². The molecule has 0 N–H and O–H groups in total. The maximum absolute atomic E-state index is 12.3. The minimum absolute atomic E-state index is 0.153. The third-order valence-electron chi connectivity index (χ3n) is 4.95. The van der Waals surface area contributed by atoms with Crippen LogP contribution >= 0.6 is 11.6 Å². The van der Waals surface area contributed by atoms with Crippen LogP contribution in [0.2, 0.25) is 5.02 Å². The lowest BCUT2D eigenvalue weighted by atomic mass is 10.0. The van der Waals surface area contributed by atoms with Crippen LogP contribution < -0.4 is 5.56 Å². The van der Waals surface area contributed by atoms with Gasteiger partial charge in [0.25, 0.3) is 5.56 Å². The lowest BCUT2D eigenvalue weighted by Gasteiger charge is -2.34. The summed E-state index contributed by atoms with van der Waals surface area (Å²) in [6.07, 6.45) is 3.07. The molecule has 0 bridgehead atoms. The Bertz CT molecular complexity index is 1100. The Morgan fingerprint density at radius 1 is 1.21 bits per heavy atom. The fraction of sp³-hybridized carbons (Fsp3) is 0.450. The van der Waals surface area contributed by atoms with Crippen molar-refractivity contribution in [1.82, 2.24) is 19.1 Å². The van der Waals surface area contributed by atoms with E-state index in [1.165, 1.54) is 10.6 Å². The number of rotatable bonds is 1. The van der Waals surface area contributed by atoms with E-state index in [1.807, 2.05) is 39.1 Å². The molecule has 7 nitrogen and oxygen atoms in total. The average molecular weight is 403 g/mol. The van der Waals surface area contributed by atoms with E-state index in [1.54, 1.807) is 11.0 Å². The van der Waals surface area contributed by atoms with Gasteiger partial charge in [0.2, 0.25) is 0 Å². The van der Waals surface area contributed by atoms with E-state index < -0.39 is 5.60 Å². The van der Waals surface area contributed by atoms with Gasteiger partial charge < -0.3 is 14.2 Å². The van der Waals surface area contributed by atoms with E-state index in [9.17, 15) is 9.59 Å². The molecule has 0 radical (unpaired) electrons. The van der Waals surface area contributed by atoms with Crippen LogP contribution in [0.4, 0.5) is 4.79 Å². The summed E-state index contributed by atoms with van der Waals surface area (Å²) < 4.78 is 8.99. The third-order valence-corrected chi connectivity index (χ3v) is 5.18. The smallest absolute Gasteiger partial charge is 0.410 e. The number of fused-ring (bicyclic) bond motifs is 3. The molecule has 8 heteroatoms. The summed E-state index contributed by atoms with van der Waals surface area (Å²) >= 11 is 6.18. The zero-order valence-corrected chi connectivity index (χ0v) is 16.9. The van der Waals surface area contributed by atoms with Crippen molar-refractivity contribution < 1.29 is 9.53 Å². The van der Waals surface area contributed by atoms with Crippen LogP contribution in [0, 0.1) is 0 Å². The number of nitrogens with zero attached hydrogens (tertiary/aromatic N) is 4. The van der Waals surface area contributed by atoms with Gasteiger partial charge in [0.15, 0.2) is 0 Å². The van der Waals surface area contributed by atoms with Gasteiger partial charge in [-0.3, -0.25) is 4.79 Å². The van der Waals surface area contributed by atoms with Crippen LogP contribution in [0.1, 0.15) is 39.7 Å². The molecule has 2 aromatic heterocycles. The number of hydrogen-bond donors (Lipinski definition) is 0. The van der Waals surface area contributed by atoms with E-state index in [0.717, 1.165) is 29.4 Å². The highest BCUT2D eigenvalue weighted by Crippen LogP contribution is 2.29. The minimum atomic E-state index is -0.505. The zero-order valence-electron chi connectivity index (χ0n) is 16.2. The third kappa shape index (κ3) is 3.46. The van der Waals surface area contributed by atoms with Crippen LogP contribution in [0.15, 0.2) is 35.3 Å². The first-order valence-corrected chi connectivity index (χ1v) is 9.78. The normalized spacial score (nSPS) is 16.1. The van der Waals surface area contributed by atoms with Gasteiger partial charge in [-0.25, -0.2) is 4.79 Å². The van der Waals surface area contributed by atoms with E-state index in [4.69, 9.17) is 16.3 Å². The van der Waals surface area contributed by atoms with Crippen LogP contribution in [0.5, 0.6) is 0 Å². The number of likely N-dealkylation sites (tertiary alicyclic amines) is 1. The van der Waals surface area contributed by atoms with Crippen molar-refractivity contribution in [3.63, 3.8) is 0 Å². The number of halogens is 1. The predicted molar refractivity (Wildman–Crippen MR) is 108 cm³/mol. The van der Waals surface area contributed by atoms with Gasteiger partial charge in [-0.05, 0) is 51.8 Å². The van der Waals surface area contributed by atoms with Crippen LogP contribution in [0.25, 0.3) is 16.6 Å². The zero-order chi connectivity index (χ0) is 20.1. The molecular formula is C20H23ClN4O3. The Balaban J connectivity index is 1.65. The van der Waals surface area contributed by atoms with E-state index in [-0.39, 0.29) is 17.7 Å². The number of amides is 1. The molecule has 1 amide bonds. The van der Waals surface area contributed by atoms with Crippen LogP contribution in [0.3, 0.4) is 0 Å². The fourth-order valence-electron chi connectivity index (χ4n) is 3.68. The topological polar surface area (TPSA) is 68.8 Å². The average Bonchev–Trinajstić information content (AvgIpc) is 3.01. The molecule has 0 spiro atoms. The van der Waals surface area contributed by atoms with Crippen LogP contribution in [-0.4, -0.2) is 43.9 Å². The first kappa shape index (κ1) is 18.8. The molecule has 1 saturated heterocycles. The van der Waals surface area contributed by atoms with Gasteiger partial charge in [0, 0.05) is 41.8 Å². The molecule has 1 fully saturated rings. The van der Waals surface area contributed by atoms with Gasteiger partial charge in [-0.1, -0.05) is 11.6 Å².